The van der Waals surface area contributed by atoms with Gasteiger partial charge < -0.3 is 14.5 Å². The summed E-state index contributed by atoms with van der Waals surface area (Å²) in [6.07, 6.45) is 0. The third-order valence-electron chi connectivity index (χ3n) is 3.26. The zero-order valence-electron chi connectivity index (χ0n) is 13.1. The minimum Gasteiger partial charge on any atom is -0.464 e. The quantitative estimate of drug-likeness (QED) is 0.687. The highest BCUT2D eigenvalue weighted by Crippen LogP contribution is 2.21. The summed E-state index contributed by atoms with van der Waals surface area (Å²) >= 11 is 0.567. The Morgan fingerprint density at radius 2 is 1.83 bits per heavy atom. The van der Waals surface area contributed by atoms with Gasteiger partial charge in [-0.3, -0.25) is 0 Å². The Morgan fingerprint density at radius 3 is 2.57 bits per heavy atom. The number of alkyl halides is 2. The average molecular weight is 341 g/mol. The van der Waals surface area contributed by atoms with Gasteiger partial charge in [0.1, 0.15) is 11.5 Å². The molecule has 0 amide bonds. The van der Waals surface area contributed by atoms with Gasteiger partial charge in [0.15, 0.2) is 0 Å². The molecule has 1 aromatic carbocycles. The van der Waals surface area contributed by atoms with Crippen LogP contribution in [0.4, 0.5) is 8.78 Å². The van der Waals surface area contributed by atoms with E-state index in [2.05, 4.69) is 17.4 Å². The van der Waals surface area contributed by atoms with E-state index in [0.29, 0.717) is 43.8 Å². The molecule has 23 heavy (non-hydrogen) atoms. The Hall–Kier alpha value is -1.37. The molecule has 0 saturated heterocycles. The van der Waals surface area contributed by atoms with Crippen LogP contribution in [0, 0.1) is 0 Å². The molecule has 0 saturated carbocycles. The number of thioether (sulfide) groups is 1. The van der Waals surface area contributed by atoms with E-state index in [9.17, 15) is 8.78 Å². The van der Waals surface area contributed by atoms with E-state index < -0.39 is 5.76 Å². The molecule has 1 N–H and O–H groups in total. The monoisotopic (exact) mass is 341 g/mol. The molecule has 0 aliphatic carbocycles. The van der Waals surface area contributed by atoms with Gasteiger partial charge in [0, 0.05) is 13.2 Å². The van der Waals surface area contributed by atoms with Crippen molar-refractivity contribution in [3.05, 3.63) is 59.0 Å². The van der Waals surface area contributed by atoms with Crippen LogP contribution >= 0.6 is 11.8 Å². The normalized spacial score (nSPS) is 11.3. The largest absolute Gasteiger partial charge is 0.464 e. The molecule has 0 aliphatic heterocycles. The lowest BCUT2D eigenvalue weighted by atomic mass is 10.1. The first-order chi connectivity index (χ1) is 11.2. The molecule has 6 heteroatoms. The third-order valence-corrected chi connectivity index (χ3v) is 3.97. The maximum atomic E-state index is 12.1. The SMILES string of the molecule is CCOCc1ccccc1CNCc1ccc(CSC(F)F)o1. The third kappa shape index (κ3) is 6.33. The molecule has 1 heterocycles. The van der Waals surface area contributed by atoms with E-state index in [1.165, 1.54) is 5.56 Å². The van der Waals surface area contributed by atoms with Gasteiger partial charge in [-0.1, -0.05) is 36.0 Å². The standard InChI is InChI=1S/C17H21F2NO2S/c1-2-21-11-14-6-4-3-5-13(14)9-20-10-15-7-8-16(22-15)12-23-17(18)19/h3-8,17,20H,2,9-12H2,1H3. The fourth-order valence-electron chi connectivity index (χ4n) is 2.14. The number of ether oxygens (including phenoxy) is 1. The topological polar surface area (TPSA) is 34.4 Å². The van der Waals surface area contributed by atoms with E-state index >= 15 is 0 Å². The number of halogens is 2. The van der Waals surface area contributed by atoms with Crippen LogP contribution in [0.3, 0.4) is 0 Å². The molecule has 0 spiro atoms. The lowest BCUT2D eigenvalue weighted by Crippen LogP contribution is -2.14. The zero-order valence-corrected chi connectivity index (χ0v) is 13.9. The summed E-state index contributed by atoms with van der Waals surface area (Å²) in [5.74, 6) is -0.862. The predicted octanol–water partition coefficient (Wildman–Crippen LogP) is 4.56. The van der Waals surface area contributed by atoms with E-state index in [1.54, 1.807) is 6.07 Å². The van der Waals surface area contributed by atoms with Crippen molar-refractivity contribution in [1.29, 1.82) is 0 Å². The van der Waals surface area contributed by atoms with Crippen molar-refractivity contribution in [3.63, 3.8) is 0 Å². The van der Waals surface area contributed by atoms with Gasteiger partial charge >= 0.3 is 0 Å². The Bertz CT molecular complexity index is 589. The van der Waals surface area contributed by atoms with E-state index in [1.807, 2.05) is 25.1 Å². The van der Waals surface area contributed by atoms with Gasteiger partial charge in [-0.05, 0) is 30.2 Å². The highest BCUT2D eigenvalue weighted by Gasteiger charge is 2.07. The number of rotatable bonds is 10. The van der Waals surface area contributed by atoms with Crippen molar-refractivity contribution >= 4 is 11.8 Å². The van der Waals surface area contributed by atoms with Crippen LogP contribution in [0.1, 0.15) is 29.6 Å². The molecular weight excluding hydrogens is 320 g/mol. The summed E-state index contributed by atoms with van der Waals surface area (Å²) in [6.45, 7) is 4.52. The number of hydrogen-bond acceptors (Lipinski definition) is 4. The smallest absolute Gasteiger partial charge is 0.284 e. The van der Waals surface area contributed by atoms with Crippen LogP contribution < -0.4 is 5.32 Å². The number of hydrogen-bond donors (Lipinski definition) is 1. The fourth-order valence-corrected chi connectivity index (χ4v) is 2.59. The van der Waals surface area contributed by atoms with Crippen LogP contribution in [-0.4, -0.2) is 12.4 Å². The average Bonchev–Trinajstić information content (AvgIpc) is 3.00. The van der Waals surface area contributed by atoms with Gasteiger partial charge in [0.05, 0.1) is 18.9 Å². The van der Waals surface area contributed by atoms with Gasteiger partial charge in [-0.25, -0.2) is 0 Å². The van der Waals surface area contributed by atoms with Gasteiger partial charge in [-0.15, -0.1) is 0 Å². The minimum atomic E-state index is -2.37. The first kappa shape index (κ1) is 18.0. The van der Waals surface area contributed by atoms with Crippen LogP contribution in [-0.2, 0) is 30.2 Å². The minimum absolute atomic E-state index is 0.189. The summed E-state index contributed by atoms with van der Waals surface area (Å²) in [4.78, 5) is 0. The molecule has 0 fully saturated rings. The second-order valence-electron chi connectivity index (χ2n) is 4.95. The Balaban J connectivity index is 1.81. The number of nitrogens with one attached hydrogen (secondary N) is 1. The van der Waals surface area contributed by atoms with Crippen LogP contribution in [0.2, 0.25) is 0 Å². The van der Waals surface area contributed by atoms with Crippen LogP contribution in [0.25, 0.3) is 0 Å². The van der Waals surface area contributed by atoms with E-state index in [-0.39, 0.29) is 5.75 Å². The maximum absolute atomic E-state index is 12.1. The molecule has 126 valence electrons. The molecule has 0 bridgehead atoms. The molecule has 0 atom stereocenters. The molecular formula is C17H21F2NO2S. The van der Waals surface area contributed by atoms with Crippen molar-refractivity contribution < 1.29 is 17.9 Å². The second-order valence-corrected chi connectivity index (χ2v) is 5.93. The Kier molecular flexibility index (Phi) is 7.58. The number of benzene rings is 1. The highest BCUT2D eigenvalue weighted by molar-refractivity contribution is 7.98. The summed E-state index contributed by atoms with van der Waals surface area (Å²) in [7, 11) is 0. The lowest BCUT2D eigenvalue weighted by Gasteiger charge is -2.10. The molecule has 3 nitrogen and oxygen atoms in total. The lowest BCUT2D eigenvalue weighted by molar-refractivity contribution is 0.133. The van der Waals surface area contributed by atoms with Crippen LogP contribution in [0.5, 0.6) is 0 Å². The van der Waals surface area contributed by atoms with Crippen molar-refractivity contribution in [3.8, 4) is 0 Å². The van der Waals surface area contributed by atoms with Gasteiger partial charge in [-0.2, -0.15) is 8.78 Å². The Labute approximate surface area is 139 Å². The predicted molar refractivity (Wildman–Crippen MR) is 88.3 cm³/mol. The van der Waals surface area contributed by atoms with Gasteiger partial charge in [0.2, 0.25) is 0 Å². The molecule has 0 radical (unpaired) electrons. The van der Waals surface area contributed by atoms with Gasteiger partial charge in [0.25, 0.3) is 5.76 Å². The fraction of sp³-hybridized carbons (Fsp3) is 0.412. The molecule has 1 aromatic heterocycles. The first-order valence-corrected chi connectivity index (χ1v) is 8.56. The van der Waals surface area contributed by atoms with Crippen molar-refractivity contribution in [2.75, 3.05) is 6.61 Å². The molecule has 2 aromatic rings. The second kappa shape index (κ2) is 9.70. The summed E-state index contributed by atoms with van der Waals surface area (Å²) in [5, 5.41) is 3.31. The Morgan fingerprint density at radius 1 is 1.09 bits per heavy atom. The van der Waals surface area contributed by atoms with Crippen molar-refractivity contribution in [2.45, 2.75) is 38.1 Å². The van der Waals surface area contributed by atoms with Crippen molar-refractivity contribution in [2.24, 2.45) is 0 Å². The maximum Gasteiger partial charge on any atom is 0.284 e. The van der Waals surface area contributed by atoms with Crippen molar-refractivity contribution in [1.82, 2.24) is 5.32 Å². The first-order valence-electron chi connectivity index (χ1n) is 7.51. The zero-order chi connectivity index (χ0) is 16.5. The summed E-state index contributed by atoms with van der Waals surface area (Å²) < 4.78 is 35.3. The molecule has 0 aliphatic rings. The highest BCUT2D eigenvalue weighted by atomic mass is 32.2. The van der Waals surface area contributed by atoms with Crippen LogP contribution in [0.15, 0.2) is 40.8 Å². The molecule has 2 rings (SSSR count). The number of furan rings is 1. The van der Waals surface area contributed by atoms with E-state index in [0.717, 1.165) is 11.3 Å². The molecule has 0 unspecified atom stereocenters. The van der Waals surface area contributed by atoms with E-state index in [4.69, 9.17) is 9.15 Å². The summed E-state index contributed by atoms with van der Waals surface area (Å²) in [5.41, 5.74) is 2.34. The summed E-state index contributed by atoms with van der Waals surface area (Å²) in [6, 6.07) is 11.7.